The monoisotopic (exact) mass is 291 g/mol. The highest BCUT2D eigenvalue weighted by Gasteiger charge is 2.21. The van der Waals surface area contributed by atoms with Crippen LogP contribution in [0.2, 0.25) is 0 Å². The Labute approximate surface area is 121 Å². The molecule has 0 bridgehead atoms. The first-order valence-electron chi connectivity index (χ1n) is 6.77. The molecule has 0 amide bonds. The Morgan fingerprint density at radius 2 is 2.45 bits per heavy atom. The number of nitrogen functional groups attached to an aromatic ring is 1. The summed E-state index contributed by atoms with van der Waals surface area (Å²) in [5, 5.41) is 4.18. The lowest BCUT2D eigenvalue weighted by molar-refractivity contribution is 0.0533. The normalized spacial score (nSPS) is 18.6. The zero-order chi connectivity index (χ0) is 14.1. The predicted octanol–water partition coefficient (Wildman–Crippen LogP) is 2.13. The Hall–Kier alpha value is -1.66. The third kappa shape index (κ3) is 2.25. The number of fused-ring (bicyclic) bond motifs is 1. The summed E-state index contributed by atoms with van der Waals surface area (Å²) >= 11 is 1.31. The minimum atomic E-state index is -0.364. The number of thiophene rings is 1. The maximum Gasteiger partial charge on any atom is 0.350 e. The van der Waals surface area contributed by atoms with E-state index >= 15 is 0 Å². The SMILES string of the molecule is CCOC(=O)c1sc2nc([C@H]3CCNC3)ccc2c1N. The van der Waals surface area contributed by atoms with Gasteiger partial charge in [-0.25, -0.2) is 9.78 Å². The van der Waals surface area contributed by atoms with Gasteiger partial charge in [0, 0.05) is 23.5 Å². The summed E-state index contributed by atoms with van der Waals surface area (Å²) in [4.78, 5) is 17.8. The van der Waals surface area contributed by atoms with E-state index in [4.69, 9.17) is 10.5 Å². The van der Waals surface area contributed by atoms with E-state index in [1.54, 1.807) is 6.92 Å². The first-order valence-corrected chi connectivity index (χ1v) is 7.59. The maximum absolute atomic E-state index is 11.8. The van der Waals surface area contributed by atoms with Crippen LogP contribution in [0.25, 0.3) is 10.2 Å². The van der Waals surface area contributed by atoms with Crippen LogP contribution in [0, 0.1) is 0 Å². The molecule has 0 radical (unpaired) electrons. The van der Waals surface area contributed by atoms with Gasteiger partial charge in [-0.05, 0) is 32.0 Å². The molecule has 106 valence electrons. The number of hydrogen-bond acceptors (Lipinski definition) is 6. The fraction of sp³-hybridized carbons (Fsp3) is 0.429. The van der Waals surface area contributed by atoms with Gasteiger partial charge in [-0.15, -0.1) is 11.3 Å². The van der Waals surface area contributed by atoms with Crippen LogP contribution >= 0.6 is 11.3 Å². The summed E-state index contributed by atoms with van der Waals surface area (Å²) in [6.07, 6.45) is 1.10. The lowest BCUT2D eigenvalue weighted by atomic mass is 10.0. The quantitative estimate of drug-likeness (QED) is 0.847. The topological polar surface area (TPSA) is 77.2 Å². The first-order chi connectivity index (χ1) is 9.70. The van der Waals surface area contributed by atoms with Gasteiger partial charge in [-0.1, -0.05) is 0 Å². The van der Waals surface area contributed by atoms with Crippen molar-refractivity contribution in [3.05, 3.63) is 22.7 Å². The number of carbonyl (C=O) groups is 1. The van der Waals surface area contributed by atoms with E-state index in [1.807, 2.05) is 12.1 Å². The predicted molar refractivity (Wildman–Crippen MR) is 80.2 cm³/mol. The molecule has 1 fully saturated rings. The standard InChI is InChI=1S/C14H17N3O2S/c1-2-19-14(18)12-11(15)9-3-4-10(17-13(9)20-12)8-5-6-16-7-8/h3-4,8,16H,2,5-7,15H2,1H3/t8-/m0/s1. The van der Waals surface area contributed by atoms with Crippen LogP contribution in [0.5, 0.6) is 0 Å². The van der Waals surface area contributed by atoms with Crippen molar-refractivity contribution in [1.82, 2.24) is 10.3 Å². The van der Waals surface area contributed by atoms with Crippen LogP contribution in [0.1, 0.15) is 34.6 Å². The van der Waals surface area contributed by atoms with E-state index in [9.17, 15) is 4.79 Å². The number of pyridine rings is 1. The van der Waals surface area contributed by atoms with Crippen LogP contribution < -0.4 is 11.1 Å². The molecule has 1 aliphatic rings. The summed E-state index contributed by atoms with van der Waals surface area (Å²) in [7, 11) is 0. The molecule has 3 N–H and O–H groups in total. The van der Waals surface area contributed by atoms with Gasteiger partial charge in [0.2, 0.25) is 0 Å². The van der Waals surface area contributed by atoms with Crippen LogP contribution in [-0.2, 0) is 4.74 Å². The second-order valence-corrected chi connectivity index (χ2v) is 5.84. The molecule has 3 heterocycles. The van der Waals surface area contributed by atoms with Gasteiger partial charge in [0.15, 0.2) is 0 Å². The number of carbonyl (C=O) groups excluding carboxylic acids is 1. The smallest absolute Gasteiger partial charge is 0.350 e. The number of nitrogens with zero attached hydrogens (tertiary/aromatic N) is 1. The second kappa shape index (κ2) is 5.38. The molecule has 3 rings (SSSR count). The molecular formula is C14H17N3O2S. The number of ether oxygens (including phenoxy) is 1. The van der Waals surface area contributed by atoms with Gasteiger partial charge in [0.25, 0.3) is 0 Å². The maximum atomic E-state index is 11.8. The Bertz CT molecular complexity index is 647. The zero-order valence-electron chi connectivity index (χ0n) is 11.3. The molecule has 1 saturated heterocycles. The average molecular weight is 291 g/mol. The van der Waals surface area contributed by atoms with Gasteiger partial charge in [0.05, 0.1) is 12.3 Å². The van der Waals surface area contributed by atoms with Gasteiger partial charge < -0.3 is 15.8 Å². The van der Waals surface area contributed by atoms with Crippen molar-refractivity contribution in [1.29, 1.82) is 0 Å². The molecule has 0 saturated carbocycles. The zero-order valence-corrected chi connectivity index (χ0v) is 12.1. The number of nitrogens with two attached hydrogens (primary N) is 1. The minimum Gasteiger partial charge on any atom is -0.462 e. The number of anilines is 1. The van der Waals surface area contributed by atoms with E-state index in [1.165, 1.54) is 11.3 Å². The van der Waals surface area contributed by atoms with Gasteiger partial charge >= 0.3 is 5.97 Å². The number of nitrogens with one attached hydrogen (secondary N) is 1. The molecule has 0 spiro atoms. The Balaban J connectivity index is 2.00. The molecule has 1 aliphatic heterocycles. The second-order valence-electron chi connectivity index (χ2n) is 4.84. The van der Waals surface area contributed by atoms with Crippen molar-refractivity contribution in [2.75, 3.05) is 25.4 Å². The van der Waals surface area contributed by atoms with Crippen LogP contribution in [-0.4, -0.2) is 30.6 Å². The van der Waals surface area contributed by atoms with E-state index in [-0.39, 0.29) is 5.97 Å². The molecule has 6 heteroatoms. The lowest BCUT2D eigenvalue weighted by Crippen LogP contribution is -2.08. The van der Waals surface area contributed by atoms with Crippen molar-refractivity contribution >= 4 is 33.2 Å². The Morgan fingerprint density at radius 1 is 1.60 bits per heavy atom. The minimum absolute atomic E-state index is 0.346. The summed E-state index contributed by atoms with van der Waals surface area (Å²) in [5.41, 5.74) is 7.58. The van der Waals surface area contributed by atoms with E-state index in [0.717, 1.165) is 35.4 Å². The van der Waals surface area contributed by atoms with Crippen molar-refractivity contribution < 1.29 is 9.53 Å². The highest BCUT2D eigenvalue weighted by Crippen LogP contribution is 2.34. The van der Waals surface area contributed by atoms with Gasteiger partial charge in [-0.3, -0.25) is 0 Å². The molecule has 1 atom stereocenters. The van der Waals surface area contributed by atoms with Gasteiger partial charge in [-0.2, -0.15) is 0 Å². The van der Waals surface area contributed by atoms with Crippen molar-refractivity contribution in [2.45, 2.75) is 19.3 Å². The molecule has 0 aliphatic carbocycles. The Morgan fingerprint density at radius 3 is 3.15 bits per heavy atom. The molecule has 20 heavy (non-hydrogen) atoms. The number of esters is 1. The third-order valence-corrected chi connectivity index (χ3v) is 4.65. The fourth-order valence-electron chi connectivity index (χ4n) is 2.49. The number of aromatic nitrogens is 1. The van der Waals surface area contributed by atoms with Crippen LogP contribution in [0.4, 0.5) is 5.69 Å². The van der Waals surface area contributed by atoms with E-state index in [2.05, 4.69) is 10.3 Å². The summed E-state index contributed by atoms with van der Waals surface area (Å²) in [5.74, 6) is 0.0888. The van der Waals surface area contributed by atoms with Crippen molar-refractivity contribution in [3.63, 3.8) is 0 Å². The first kappa shape index (κ1) is 13.3. The highest BCUT2D eigenvalue weighted by atomic mass is 32.1. The van der Waals surface area contributed by atoms with Gasteiger partial charge in [0.1, 0.15) is 9.71 Å². The van der Waals surface area contributed by atoms with Crippen molar-refractivity contribution in [2.24, 2.45) is 0 Å². The summed E-state index contributed by atoms with van der Waals surface area (Å²) in [6.45, 7) is 4.12. The Kier molecular flexibility index (Phi) is 3.58. The molecule has 0 unspecified atom stereocenters. The molecule has 2 aromatic heterocycles. The summed E-state index contributed by atoms with van der Waals surface area (Å²) < 4.78 is 5.02. The van der Waals surface area contributed by atoms with Crippen LogP contribution in [0.3, 0.4) is 0 Å². The highest BCUT2D eigenvalue weighted by molar-refractivity contribution is 7.21. The summed E-state index contributed by atoms with van der Waals surface area (Å²) in [6, 6.07) is 3.97. The number of hydrogen-bond donors (Lipinski definition) is 2. The average Bonchev–Trinajstić information content (AvgIpc) is 3.07. The molecule has 0 aromatic carbocycles. The molecule has 5 nitrogen and oxygen atoms in total. The molecular weight excluding hydrogens is 274 g/mol. The number of rotatable bonds is 3. The fourth-order valence-corrected chi connectivity index (χ4v) is 3.49. The lowest BCUT2D eigenvalue weighted by Gasteiger charge is -2.06. The van der Waals surface area contributed by atoms with E-state index in [0.29, 0.717) is 23.1 Å². The van der Waals surface area contributed by atoms with E-state index < -0.39 is 0 Å². The third-order valence-electron chi connectivity index (χ3n) is 3.55. The van der Waals surface area contributed by atoms with Crippen LogP contribution in [0.15, 0.2) is 12.1 Å². The largest absolute Gasteiger partial charge is 0.462 e. The van der Waals surface area contributed by atoms with Crippen molar-refractivity contribution in [3.8, 4) is 0 Å². The molecule has 2 aromatic rings.